The molecule has 0 radical (unpaired) electrons. The second-order valence-corrected chi connectivity index (χ2v) is 4.96. The largest absolute Gasteiger partial charge is 0.355 e. The minimum atomic E-state index is -0.00703. The van der Waals surface area contributed by atoms with Gasteiger partial charge in [0.15, 0.2) is 0 Å². The first-order valence-corrected chi connectivity index (χ1v) is 5.70. The van der Waals surface area contributed by atoms with Gasteiger partial charge < -0.3 is 10.6 Å². The van der Waals surface area contributed by atoms with Crippen LogP contribution in [0.15, 0.2) is 0 Å². The van der Waals surface area contributed by atoms with Crippen LogP contribution in [0.3, 0.4) is 0 Å². The molecule has 3 heteroatoms. The third-order valence-corrected chi connectivity index (χ3v) is 3.56. The highest BCUT2D eigenvalue weighted by Gasteiger charge is 2.44. The zero-order chi connectivity index (χ0) is 10.0. The van der Waals surface area contributed by atoms with E-state index < -0.39 is 0 Å². The summed E-state index contributed by atoms with van der Waals surface area (Å²) in [6.07, 6.45) is 4.56. The molecule has 2 rings (SSSR count). The van der Waals surface area contributed by atoms with Gasteiger partial charge in [0.2, 0.25) is 5.91 Å². The van der Waals surface area contributed by atoms with E-state index in [9.17, 15) is 4.79 Å². The molecule has 14 heavy (non-hydrogen) atoms. The number of hydrogen-bond acceptors (Lipinski definition) is 2. The van der Waals surface area contributed by atoms with E-state index in [4.69, 9.17) is 0 Å². The van der Waals surface area contributed by atoms with E-state index in [0.29, 0.717) is 5.92 Å². The molecule has 3 nitrogen and oxygen atoms in total. The van der Waals surface area contributed by atoms with Crippen LogP contribution in [-0.2, 0) is 4.79 Å². The third kappa shape index (κ3) is 2.27. The van der Waals surface area contributed by atoms with Crippen LogP contribution in [0.25, 0.3) is 0 Å². The number of amides is 1. The Morgan fingerprint density at radius 2 is 2.07 bits per heavy atom. The van der Waals surface area contributed by atoms with Gasteiger partial charge in [-0.05, 0) is 44.7 Å². The van der Waals surface area contributed by atoms with Crippen molar-refractivity contribution in [2.75, 3.05) is 19.6 Å². The van der Waals surface area contributed by atoms with Crippen molar-refractivity contribution >= 4 is 5.91 Å². The summed E-state index contributed by atoms with van der Waals surface area (Å²) in [5.74, 6) is 0.971. The number of hydrogen-bond donors (Lipinski definition) is 2. The van der Waals surface area contributed by atoms with Gasteiger partial charge in [0.25, 0.3) is 0 Å². The molecule has 2 fully saturated rings. The molecule has 0 aromatic carbocycles. The molecule has 1 aliphatic carbocycles. The van der Waals surface area contributed by atoms with Crippen molar-refractivity contribution in [2.24, 2.45) is 11.3 Å². The molecule has 1 saturated carbocycles. The molecule has 1 aliphatic heterocycles. The maximum absolute atomic E-state index is 11.6. The van der Waals surface area contributed by atoms with Gasteiger partial charge in [-0.1, -0.05) is 6.92 Å². The Labute approximate surface area is 85.6 Å². The highest BCUT2D eigenvalue weighted by molar-refractivity contribution is 5.84. The number of rotatable bonds is 3. The van der Waals surface area contributed by atoms with E-state index in [1.807, 2.05) is 0 Å². The molecule has 1 heterocycles. The van der Waals surface area contributed by atoms with Gasteiger partial charge in [-0.15, -0.1) is 0 Å². The van der Waals surface area contributed by atoms with Crippen molar-refractivity contribution in [3.63, 3.8) is 0 Å². The van der Waals surface area contributed by atoms with Crippen LogP contribution in [0.4, 0.5) is 0 Å². The highest BCUT2D eigenvalue weighted by Crippen LogP contribution is 2.44. The number of carbonyl (C=O) groups excluding carboxylic acids is 1. The molecule has 0 unspecified atom stereocenters. The van der Waals surface area contributed by atoms with Gasteiger partial charge in [-0.2, -0.15) is 0 Å². The molecule has 1 amide bonds. The summed E-state index contributed by atoms with van der Waals surface area (Å²) in [6.45, 7) is 5.16. The van der Waals surface area contributed by atoms with Crippen molar-refractivity contribution < 1.29 is 4.79 Å². The van der Waals surface area contributed by atoms with Gasteiger partial charge in [0.1, 0.15) is 0 Å². The van der Waals surface area contributed by atoms with Crippen LogP contribution in [0.5, 0.6) is 0 Å². The summed E-state index contributed by atoms with van der Waals surface area (Å²) in [5.41, 5.74) is -0.00703. The SMILES string of the molecule is CC1(C(=O)NCC2CCNCC2)CC1. The molecular formula is C11H20N2O. The molecule has 2 aliphatic rings. The van der Waals surface area contributed by atoms with Crippen LogP contribution in [-0.4, -0.2) is 25.5 Å². The van der Waals surface area contributed by atoms with Crippen molar-refractivity contribution in [1.82, 2.24) is 10.6 Å². The first-order chi connectivity index (χ1) is 6.71. The molecule has 0 atom stereocenters. The van der Waals surface area contributed by atoms with Crippen LogP contribution in [0, 0.1) is 11.3 Å². The predicted molar refractivity (Wildman–Crippen MR) is 55.9 cm³/mol. The Kier molecular flexibility index (Phi) is 2.77. The van der Waals surface area contributed by atoms with Crippen molar-refractivity contribution in [1.29, 1.82) is 0 Å². The Hall–Kier alpha value is -0.570. The van der Waals surface area contributed by atoms with Crippen molar-refractivity contribution in [3.8, 4) is 0 Å². The molecule has 1 saturated heterocycles. The maximum Gasteiger partial charge on any atom is 0.225 e. The fourth-order valence-corrected chi connectivity index (χ4v) is 1.95. The summed E-state index contributed by atoms with van der Waals surface area (Å²) < 4.78 is 0. The van der Waals surface area contributed by atoms with Gasteiger partial charge in [-0.25, -0.2) is 0 Å². The monoisotopic (exact) mass is 196 g/mol. The molecule has 80 valence electrons. The lowest BCUT2D eigenvalue weighted by atomic mass is 9.98. The molecule has 0 spiro atoms. The molecule has 2 N–H and O–H groups in total. The number of piperidine rings is 1. The zero-order valence-electron chi connectivity index (χ0n) is 8.94. The Balaban J connectivity index is 1.68. The quantitative estimate of drug-likeness (QED) is 0.704. The Morgan fingerprint density at radius 1 is 1.43 bits per heavy atom. The smallest absolute Gasteiger partial charge is 0.225 e. The van der Waals surface area contributed by atoms with E-state index in [0.717, 1.165) is 32.5 Å². The second-order valence-electron chi connectivity index (χ2n) is 4.96. The van der Waals surface area contributed by atoms with Gasteiger partial charge >= 0.3 is 0 Å². The van der Waals surface area contributed by atoms with Crippen LogP contribution < -0.4 is 10.6 Å². The highest BCUT2D eigenvalue weighted by atomic mass is 16.2. The third-order valence-electron chi connectivity index (χ3n) is 3.56. The first-order valence-electron chi connectivity index (χ1n) is 5.70. The zero-order valence-corrected chi connectivity index (χ0v) is 8.94. The van der Waals surface area contributed by atoms with E-state index >= 15 is 0 Å². The average Bonchev–Trinajstić information content (AvgIpc) is 2.96. The lowest BCUT2D eigenvalue weighted by Gasteiger charge is -2.23. The summed E-state index contributed by atoms with van der Waals surface area (Å²) in [6, 6.07) is 0. The van der Waals surface area contributed by atoms with E-state index in [2.05, 4.69) is 17.6 Å². The standard InChI is InChI=1S/C11H20N2O/c1-11(4-5-11)10(14)13-8-9-2-6-12-7-3-9/h9,12H,2-8H2,1H3,(H,13,14). The Bertz CT molecular complexity index is 217. The average molecular weight is 196 g/mol. The topological polar surface area (TPSA) is 41.1 Å². The number of nitrogens with one attached hydrogen (secondary N) is 2. The summed E-state index contributed by atoms with van der Waals surface area (Å²) >= 11 is 0. The lowest BCUT2D eigenvalue weighted by Crippen LogP contribution is -2.38. The predicted octanol–water partition coefficient (Wildman–Crippen LogP) is 0.902. The van der Waals surface area contributed by atoms with E-state index in [1.165, 1.54) is 12.8 Å². The molecule has 0 aromatic heterocycles. The normalized spacial score (nSPS) is 25.8. The first kappa shape index (κ1) is 9.97. The molecule has 0 aromatic rings. The summed E-state index contributed by atoms with van der Waals surface area (Å²) in [7, 11) is 0. The maximum atomic E-state index is 11.6. The summed E-state index contributed by atoms with van der Waals surface area (Å²) in [5, 5.41) is 6.42. The van der Waals surface area contributed by atoms with Crippen LogP contribution >= 0.6 is 0 Å². The fraction of sp³-hybridized carbons (Fsp3) is 0.909. The Morgan fingerprint density at radius 3 is 2.64 bits per heavy atom. The van der Waals surface area contributed by atoms with Gasteiger partial charge in [-0.3, -0.25) is 4.79 Å². The van der Waals surface area contributed by atoms with E-state index in [1.54, 1.807) is 0 Å². The van der Waals surface area contributed by atoms with Crippen molar-refractivity contribution in [3.05, 3.63) is 0 Å². The van der Waals surface area contributed by atoms with Gasteiger partial charge in [0, 0.05) is 12.0 Å². The van der Waals surface area contributed by atoms with Gasteiger partial charge in [0.05, 0.1) is 0 Å². The van der Waals surface area contributed by atoms with Crippen LogP contribution in [0.2, 0.25) is 0 Å². The second kappa shape index (κ2) is 3.89. The minimum Gasteiger partial charge on any atom is -0.355 e. The summed E-state index contributed by atoms with van der Waals surface area (Å²) in [4.78, 5) is 11.6. The van der Waals surface area contributed by atoms with E-state index in [-0.39, 0.29) is 11.3 Å². The fourth-order valence-electron chi connectivity index (χ4n) is 1.95. The molecular weight excluding hydrogens is 176 g/mol. The van der Waals surface area contributed by atoms with Crippen molar-refractivity contribution in [2.45, 2.75) is 32.6 Å². The minimum absolute atomic E-state index is 0.00703. The number of carbonyl (C=O) groups is 1. The lowest BCUT2D eigenvalue weighted by molar-refractivity contribution is -0.125. The van der Waals surface area contributed by atoms with Crippen LogP contribution in [0.1, 0.15) is 32.6 Å². The molecule has 0 bridgehead atoms.